The van der Waals surface area contributed by atoms with Gasteiger partial charge in [0.2, 0.25) is 10.0 Å². The molecule has 150 valence electrons. The van der Waals surface area contributed by atoms with Crippen molar-refractivity contribution in [2.24, 2.45) is 10.9 Å². The zero-order valence-electron chi connectivity index (χ0n) is 16.0. The van der Waals surface area contributed by atoms with Crippen molar-refractivity contribution < 1.29 is 13.2 Å². The molecule has 0 unspecified atom stereocenters. The third-order valence-corrected chi connectivity index (χ3v) is 5.91. The fraction of sp³-hybridized carbons (Fsp3) is 0.938. The first kappa shape index (κ1) is 24.9. The molecule has 1 saturated carbocycles. The summed E-state index contributed by atoms with van der Waals surface area (Å²) in [7, 11) is 0.518. The molecular formula is C16H35IN4O3S. The Hall–Kier alpha value is -0.130. The minimum Gasteiger partial charge on any atom is -0.379 e. The largest absolute Gasteiger partial charge is 0.379 e. The molecule has 0 spiro atoms. The first-order valence-electron chi connectivity index (χ1n) is 8.91. The van der Waals surface area contributed by atoms with Gasteiger partial charge < -0.3 is 15.0 Å². The highest BCUT2D eigenvalue weighted by Gasteiger charge is 2.21. The monoisotopic (exact) mass is 490 g/mol. The van der Waals surface area contributed by atoms with Crippen LogP contribution in [0, 0.1) is 5.92 Å². The summed E-state index contributed by atoms with van der Waals surface area (Å²) < 4.78 is 30.5. The molecule has 1 aliphatic carbocycles. The maximum Gasteiger partial charge on any atom is 0.213 e. The van der Waals surface area contributed by atoms with E-state index in [0.29, 0.717) is 26.1 Å². The molecule has 0 radical (unpaired) electrons. The number of nitrogens with zero attached hydrogens (tertiary/aromatic N) is 3. The lowest BCUT2D eigenvalue weighted by atomic mass is 10.4. The van der Waals surface area contributed by atoms with Crippen LogP contribution in [0.15, 0.2) is 4.99 Å². The molecule has 0 atom stereocenters. The first-order valence-corrected chi connectivity index (χ1v) is 10.5. The van der Waals surface area contributed by atoms with Gasteiger partial charge in [-0.3, -0.25) is 4.99 Å². The molecule has 1 aliphatic rings. The molecule has 1 fully saturated rings. The Labute approximate surface area is 170 Å². The summed E-state index contributed by atoms with van der Waals surface area (Å²) in [5.41, 5.74) is 0. The molecule has 0 saturated heterocycles. The van der Waals surface area contributed by atoms with E-state index in [9.17, 15) is 8.42 Å². The lowest BCUT2D eigenvalue weighted by Gasteiger charge is -2.22. The fourth-order valence-corrected chi connectivity index (χ4v) is 3.00. The number of hydrogen-bond acceptors (Lipinski definition) is 4. The highest BCUT2D eigenvalue weighted by molar-refractivity contribution is 14.0. The van der Waals surface area contributed by atoms with E-state index in [1.54, 1.807) is 14.0 Å². The predicted molar refractivity (Wildman–Crippen MR) is 114 cm³/mol. The van der Waals surface area contributed by atoms with Gasteiger partial charge in [-0.25, -0.2) is 12.7 Å². The minimum atomic E-state index is -3.10. The molecule has 0 aromatic rings. The quantitative estimate of drug-likeness (QED) is 0.195. The van der Waals surface area contributed by atoms with Crippen LogP contribution in [0.4, 0.5) is 0 Å². The van der Waals surface area contributed by atoms with Crippen LogP contribution in [0.25, 0.3) is 0 Å². The Bertz CT molecular complexity index is 484. The van der Waals surface area contributed by atoms with E-state index in [1.165, 1.54) is 17.1 Å². The minimum absolute atomic E-state index is 0. The van der Waals surface area contributed by atoms with Crippen LogP contribution < -0.4 is 5.32 Å². The number of rotatable bonds is 12. The summed E-state index contributed by atoms with van der Waals surface area (Å²) >= 11 is 0. The van der Waals surface area contributed by atoms with Crippen molar-refractivity contribution in [3.05, 3.63) is 0 Å². The molecule has 0 aliphatic heterocycles. The molecule has 0 heterocycles. The smallest absolute Gasteiger partial charge is 0.213 e. The number of ether oxygens (including phenoxy) is 1. The van der Waals surface area contributed by atoms with Crippen molar-refractivity contribution in [2.75, 3.05) is 59.2 Å². The summed E-state index contributed by atoms with van der Waals surface area (Å²) in [6.07, 6.45) is 3.32. The number of nitrogens with one attached hydrogen (secondary N) is 1. The molecule has 1 rings (SSSR count). The van der Waals surface area contributed by atoms with E-state index in [4.69, 9.17) is 4.74 Å². The van der Waals surface area contributed by atoms with Gasteiger partial charge in [0.25, 0.3) is 0 Å². The van der Waals surface area contributed by atoms with Crippen LogP contribution in [0.2, 0.25) is 0 Å². The molecule has 9 heteroatoms. The maximum atomic E-state index is 11.7. The molecule has 0 aromatic carbocycles. The lowest BCUT2D eigenvalue weighted by Crippen LogP contribution is -2.40. The van der Waals surface area contributed by atoms with Crippen LogP contribution in [0.1, 0.15) is 33.1 Å². The molecular weight excluding hydrogens is 455 g/mol. The zero-order valence-corrected chi connectivity index (χ0v) is 19.2. The topological polar surface area (TPSA) is 74.2 Å². The Balaban J connectivity index is 0.00000576. The first-order chi connectivity index (χ1) is 11.4. The van der Waals surface area contributed by atoms with Crippen molar-refractivity contribution >= 4 is 40.0 Å². The van der Waals surface area contributed by atoms with Crippen LogP contribution in [-0.2, 0) is 14.8 Å². The summed E-state index contributed by atoms with van der Waals surface area (Å²) in [6.45, 7) is 7.96. The normalized spacial score (nSPS) is 15.2. The van der Waals surface area contributed by atoms with Gasteiger partial charge >= 0.3 is 0 Å². The summed E-state index contributed by atoms with van der Waals surface area (Å²) in [4.78, 5) is 6.63. The molecule has 0 amide bonds. The van der Waals surface area contributed by atoms with E-state index >= 15 is 0 Å². The summed E-state index contributed by atoms with van der Waals surface area (Å²) in [6, 6.07) is 0. The number of aliphatic imine (C=N–C) groups is 1. The molecule has 7 nitrogen and oxygen atoms in total. The van der Waals surface area contributed by atoms with Gasteiger partial charge in [0.05, 0.1) is 12.4 Å². The van der Waals surface area contributed by atoms with Gasteiger partial charge in [-0.15, -0.1) is 24.0 Å². The van der Waals surface area contributed by atoms with Gasteiger partial charge in [-0.05, 0) is 39.0 Å². The van der Waals surface area contributed by atoms with E-state index in [0.717, 1.165) is 31.6 Å². The number of halogens is 1. The van der Waals surface area contributed by atoms with Crippen molar-refractivity contribution in [2.45, 2.75) is 33.1 Å². The molecule has 25 heavy (non-hydrogen) atoms. The molecule has 0 bridgehead atoms. The lowest BCUT2D eigenvalue weighted by molar-refractivity contribution is 0.115. The van der Waals surface area contributed by atoms with E-state index in [-0.39, 0.29) is 29.7 Å². The highest BCUT2D eigenvalue weighted by Crippen LogP contribution is 2.28. The maximum absolute atomic E-state index is 11.7. The fourth-order valence-electron chi connectivity index (χ4n) is 2.15. The van der Waals surface area contributed by atoms with Crippen LogP contribution in [0.3, 0.4) is 0 Å². The third kappa shape index (κ3) is 10.6. The highest BCUT2D eigenvalue weighted by atomic mass is 127. The van der Waals surface area contributed by atoms with Crippen LogP contribution in [-0.4, -0.2) is 82.8 Å². The second kappa shape index (κ2) is 13.1. The number of guanidine groups is 1. The standard InChI is InChI=1S/C16H34N4O3S.HI/c1-5-17-16(19(3)12-13-23-14-15-8-9-15)18-10-7-11-20(4)24(21,22)6-2;/h15H,5-14H2,1-4H3,(H,17,18);1H. The summed E-state index contributed by atoms with van der Waals surface area (Å²) in [5.74, 6) is 1.76. The molecule has 1 N–H and O–H groups in total. The second-order valence-corrected chi connectivity index (χ2v) is 8.62. The van der Waals surface area contributed by atoms with Crippen molar-refractivity contribution in [1.29, 1.82) is 0 Å². The summed E-state index contributed by atoms with van der Waals surface area (Å²) in [5, 5.41) is 3.26. The average Bonchev–Trinajstić information content (AvgIpc) is 3.38. The van der Waals surface area contributed by atoms with Gasteiger partial charge in [0.1, 0.15) is 0 Å². The van der Waals surface area contributed by atoms with Crippen LogP contribution in [0.5, 0.6) is 0 Å². The third-order valence-electron chi connectivity index (χ3n) is 4.05. The Kier molecular flexibility index (Phi) is 13.0. The van der Waals surface area contributed by atoms with Crippen molar-refractivity contribution in [3.8, 4) is 0 Å². The Morgan fingerprint density at radius 2 is 1.92 bits per heavy atom. The number of hydrogen-bond donors (Lipinski definition) is 1. The van der Waals surface area contributed by atoms with Gasteiger partial charge in [0.15, 0.2) is 5.96 Å². The SMILES string of the molecule is CCNC(=NCCCN(C)S(=O)(=O)CC)N(C)CCOCC1CC1.I. The average molecular weight is 490 g/mol. The second-order valence-electron chi connectivity index (χ2n) is 6.25. The zero-order chi connectivity index (χ0) is 18.0. The number of sulfonamides is 1. The van der Waals surface area contributed by atoms with E-state index < -0.39 is 10.0 Å². The molecule has 0 aromatic heterocycles. The van der Waals surface area contributed by atoms with E-state index in [1.807, 2.05) is 14.0 Å². The van der Waals surface area contributed by atoms with Gasteiger partial charge in [-0.1, -0.05) is 0 Å². The van der Waals surface area contributed by atoms with Crippen molar-refractivity contribution in [1.82, 2.24) is 14.5 Å². The van der Waals surface area contributed by atoms with Crippen LogP contribution >= 0.6 is 24.0 Å². The number of likely N-dealkylation sites (N-methyl/N-ethyl adjacent to an activating group) is 1. The van der Waals surface area contributed by atoms with Gasteiger partial charge in [0, 0.05) is 46.9 Å². The predicted octanol–water partition coefficient (Wildman–Crippen LogP) is 1.60. The van der Waals surface area contributed by atoms with E-state index in [2.05, 4.69) is 15.2 Å². The Morgan fingerprint density at radius 1 is 1.24 bits per heavy atom. The Morgan fingerprint density at radius 3 is 2.48 bits per heavy atom. The van der Waals surface area contributed by atoms with Crippen molar-refractivity contribution in [3.63, 3.8) is 0 Å². The van der Waals surface area contributed by atoms with Gasteiger partial charge in [-0.2, -0.15) is 0 Å².